The van der Waals surface area contributed by atoms with Crippen LogP contribution in [0.3, 0.4) is 0 Å². The van der Waals surface area contributed by atoms with E-state index >= 15 is 0 Å². The average molecular weight is 258 g/mol. The van der Waals surface area contributed by atoms with Gasteiger partial charge in [0.05, 0.1) is 25.4 Å². The first-order chi connectivity index (χ1) is 8.12. The van der Waals surface area contributed by atoms with Crippen molar-refractivity contribution in [3.8, 4) is 6.07 Å². The topological polar surface area (TPSA) is 109 Å². The first-order valence-corrected chi connectivity index (χ1v) is 5.15. The number of nitriles is 1. The van der Waals surface area contributed by atoms with Crippen LogP contribution in [0.4, 0.5) is 5.82 Å². The van der Waals surface area contributed by atoms with E-state index in [4.69, 9.17) is 32.2 Å². The Hall–Kier alpha value is -1.39. The second kappa shape index (κ2) is 5.80. The van der Waals surface area contributed by atoms with Crippen molar-refractivity contribution >= 4 is 17.4 Å². The zero-order valence-electron chi connectivity index (χ0n) is 8.89. The first kappa shape index (κ1) is 13.7. The van der Waals surface area contributed by atoms with Gasteiger partial charge in [0.2, 0.25) is 0 Å². The molecule has 0 saturated heterocycles. The summed E-state index contributed by atoms with van der Waals surface area (Å²) >= 11 is 5.89. The van der Waals surface area contributed by atoms with Crippen LogP contribution < -0.4 is 5.32 Å². The number of anilines is 1. The third kappa shape index (κ3) is 2.84. The number of aromatic nitrogens is 1. The lowest BCUT2D eigenvalue weighted by molar-refractivity contribution is 0.0831. The van der Waals surface area contributed by atoms with Crippen molar-refractivity contribution in [3.63, 3.8) is 0 Å². The lowest BCUT2D eigenvalue weighted by Crippen LogP contribution is -2.49. The molecule has 0 spiro atoms. The summed E-state index contributed by atoms with van der Waals surface area (Å²) in [6.07, 6.45) is 1.36. The van der Waals surface area contributed by atoms with Gasteiger partial charge in [0.25, 0.3) is 0 Å². The second-order valence-electron chi connectivity index (χ2n) is 3.51. The lowest BCUT2D eigenvalue weighted by Gasteiger charge is -2.29. The number of hydrogen-bond acceptors (Lipinski definition) is 6. The fourth-order valence-electron chi connectivity index (χ4n) is 1.14. The van der Waals surface area contributed by atoms with Gasteiger partial charge in [-0.1, -0.05) is 11.6 Å². The summed E-state index contributed by atoms with van der Waals surface area (Å²) in [6.45, 7) is -1.52. The third-order valence-electron chi connectivity index (χ3n) is 2.30. The van der Waals surface area contributed by atoms with Crippen LogP contribution in [-0.2, 0) is 0 Å². The Kier molecular flexibility index (Phi) is 4.66. The van der Waals surface area contributed by atoms with Crippen molar-refractivity contribution < 1.29 is 15.3 Å². The highest BCUT2D eigenvalue weighted by Crippen LogP contribution is 2.25. The molecule has 0 bridgehead atoms. The predicted octanol–water partition coefficient (Wildman–Crippen LogP) is -0.266. The van der Waals surface area contributed by atoms with Gasteiger partial charge in [0.1, 0.15) is 22.4 Å². The van der Waals surface area contributed by atoms with Crippen LogP contribution in [-0.4, -0.2) is 45.7 Å². The van der Waals surface area contributed by atoms with Crippen LogP contribution in [0.25, 0.3) is 0 Å². The Morgan fingerprint density at radius 3 is 2.41 bits per heavy atom. The van der Waals surface area contributed by atoms with Crippen LogP contribution in [0, 0.1) is 11.3 Å². The third-order valence-corrected chi connectivity index (χ3v) is 2.68. The van der Waals surface area contributed by atoms with Gasteiger partial charge < -0.3 is 20.6 Å². The van der Waals surface area contributed by atoms with Gasteiger partial charge in [-0.3, -0.25) is 0 Å². The minimum absolute atomic E-state index is 0.0784. The Morgan fingerprint density at radius 1 is 1.35 bits per heavy atom. The molecule has 4 N–H and O–H groups in total. The Labute approximate surface area is 103 Å². The normalized spacial score (nSPS) is 11.0. The number of pyridine rings is 1. The summed E-state index contributed by atoms with van der Waals surface area (Å²) < 4.78 is 0. The fraction of sp³-hybridized carbons (Fsp3) is 0.400. The summed E-state index contributed by atoms with van der Waals surface area (Å²) in [7, 11) is 0. The van der Waals surface area contributed by atoms with Crippen molar-refractivity contribution in [1.82, 2.24) is 4.98 Å². The summed E-state index contributed by atoms with van der Waals surface area (Å²) in [5.74, 6) is 0.128. The molecule has 1 aromatic rings. The van der Waals surface area contributed by atoms with Crippen molar-refractivity contribution in [2.45, 2.75) is 5.54 Å². The van der Waals surface area contributed by atoms with Crippen LogP contribution in [0.1, 0.15) is 5.56 Å². The first-order valence-electron chi connectivity index (χ1n) is 4.78. The second-order valence-corrected chi connectivity index (χ2v) is 3.89. The molecule has 0 atom stereocenters. The van der Waals surface area contributed by atoms with Crippen molar-refractivity contribution in [2.24, 2.45) is 0 Å². The average Bonchev–Trinajstić information content (AvgIpc) is 2.38. The highest BCUT2D eigenvalue weighted by atomic mass is 35.5. The quantitative estimate of drug-likeness (QED) is 0.578. The summed E-state index contributed by atoms with van der Waals surface area (Å²) in [6, 6.07) is 3.31. The number of nitrogens with zero attached hydrogens (tertiary/aromatic N) is 2. The van der Waals surface area contributed by atoms with E-state index in [0.717, 1.165) is 0 Å². The van der Waals surface area contributed by atoms with Crippen LogP contribution in [0.15, 0.2) is 12.3 Å². The zero-order chi connectivity index (χ0) is 12.9. The smallest absolute Gasteiger partial charge is 0.146 e. The number of aliphatic hydroxyl groups is 3. The number of rotatable bonds is 5. The van der Waals surface area contributed by atoms with Gasteiger partial charge in [-0.2, -0.15) is 5.26 Å². The molecule has 92 valence electrons. The van der Waals surface area contributed by atoms with E-state index in [2.05, 4.69) is 10.3 Å². The molecule has 1 aromatic heterocycles. The number of halogens is 1. The van der Waals surface area contributed by atoms with Gasteiger partial charge in [-0.15, -0.1) is 0 Å². The summed E-state index contributed by atoms with van der Waals surface area (Å²) in [5, 5.41) is 38.9. The van der Waals surface area contributed by atoms with Crippen LogP contribution >= 0.6 is 11.6 Å². The van der Waals surface area contributed by atoms with Gasteiger partial charge in [-0.05, 0) is 6.07 Å². The van der Waals surface area contributed by atoms with E-state index in [-0.39, 0.29) is 16.4 Å². The largest absolute Gasteiger partial charge is 0.394 e. The maximum absolute atomic E-state index is 9.14. The molecule has 1 heterocycles. The van der Waals surface area contributed by atoms with Gasteiger partial charge in [-0.25, -0.2) is 4.98 Å². The molecule has 0 unspecified atom stereocenters. The van der Waals surface area contributed by atoms with Crippen LogP contribution in [0.5, 0.6) is 0 Å². The maximum atomic E-state index is 9.14. The molecule has 0 fully saturated rings. The molecular weight excluding hydrogens is 246 g/mol. The molecule has 6 nitrogen and oxygen atoms in total. The minimum atomic E-state index is -1.33. The van der Waals surface area contributed by atoms with E-state index in [9.17, 15) is 0 Å². The van der Waals surface area contributed by atoms with E-state index in [1.165, 1.54) is 12.3 Å². The monoisotopic (exact) mass is 257 g/mol. The van der Waals surface area contributed by atoms with Crippen LogP contribution in [0.2, 0.25) is 5.02 Å². The lowest BCUT2D eigenvalue weighted by atomic mass is 10.0. The van der Waals surface area contributed by atoms with Gasteiger partial charge in [0.15, 0.2) is 0 Å². The number of aliphatic hydroxyl groups excluding tert-OH is 3. The molecule has 0 radical (unpaired) electrons. The molecule has 17 heavy (non-hydrogen) atoms. The SMILES string of the molecule is N#Cc1ccnc(NC(CO)(CO)CO)c1Cl. The fourth-order valence-corrected chi connectivity index (χ4v) is 1.34. The molecule has 1 rings (SSSR count). The molecule has 7 heteroatoms. The number of nitrogens with one attached hydrogen (secondary N) is 1. The summed E-state index contributed by atoms with van der Waals surface area (Å²) in [5.41, 5.74) is -1.11. The Bertz CT molecular complexity index is 421. The Balaban J connectivity index is 3.07. The highest BCUT2D eigenvalue weighted by Gasteiger charge is 2.29. The standard InChI is InChI=1S/C10H12ClN3O3/c11-8-7(3-12)1-2-13-9(8)14-10(4-15,5-16)6-17/h1-2,15-17H,4-6H2,(H,13,14). The molecule has 0 aliphatic carbocycles. The molecular formula is C10H12ClN3O3. The molecule has 0 amide bonds. The Morgan fingerprint density at radius 2 is 1.94 bits per heavy atom. The van der Waals surface area contributed by atoms with Crippen molar-refractivity contribution in [3.05, 3.63) is 22.8 Å². The maximum Gasteiger partial charge on any atom is 0.146 e. The van der Waals surface area contributed by atoms with Gasteiger partial charge >= 0.3 is 0 Å². The molecule has 0 aromatic carbocycles. The summed E-state index contributed by atoms with van der Waals surface area (Å²) in [4.78, 5) is 3.89. The molecule has 0 aliphatic heterocycles. The van der Waals surface area contributed by atoms with E-state index in [0.29, 0.717) is 0 Å². The van der Waals surface area contributed by atoms with E-state index < -0.39 is 25.4 Å². The highest BCUT2D eigenvalue weighted by molar-refractivity contribution is 6.34. The molecule has 0 saturated carbocycles. The van der Waals surface area contributed by atoms with E-state index in [1.807, 2.05) is 6.07 Å². The van der Waals surface area contributed by atoms with E-state index in [1.54, 1.807) is 0 Å². The van der Waals surface area contributed by atoms with Crippen molar-refractivity contribution in [2.75, 3.05) is 25.1 Å². The van der Waals surface area contributed by atoms with Crippen molar-refractivity contribution in [1.29, 1.82) is 5.26 Å². The number of hydrogen-bond donors (Lipinski definition) is 4. The van der Waals surface area contributed by atoms with Gasteiger partial charge in [0, 0.05) is 6.20 Å². The zero-order valence-corrected chi connectivity index (χ0v) is 9.65. The molecule has 0 aliphatic rings. The minimum Gasteiger partial charge on any atom is -0.394 e. The predicted molar refractivity (Wildman–Crippen MR) is 61.6 cm³/mol.